The van der Waals surface area contributed by atoms with Crippen LogP contribution in [0, 0.1) is 0 Å². The van der Waals surface area contributed by atoms with Crippen molar-refractivity contribution in [3.63, 3.8) is 0 Å². The van der Waals surface area contributed by atoms with Crippen LogP contribution in [0.3, 0.4) is 0 Å². The summed E-state index contributed by atoms with van der Waals surface area (Å²) in [6.07, 6.45) is 0.908. The van der Waals surface area contributed by atoms with Gasteiger partial charge in [-0.1, -0.05) is 41.9 Å². The van der Waals surface area contributed by atoms with Crippen LogP contribution in [0.2, 0.25) is 5.02 Å². The van der Waals surface area contributed by atoms with Crippen molar-refractivity contribution in [2.45, 2.75) is 32.0 Å². The summed E-state index contributed by atoms with van der Waals surface area (Å²) < 4.78 is 5.28. The number of ether oxygens (including phenoxy) is 1. The Balaban J connectivity index is 1.68. The molecule has 2 aromatic rings. The fourth-order valence-electron chi connectivity index (χ4n) is 3.40. The van der Waals surface area contributed by atoms with Crippen LogP contribution in [-0.2, 0) is 6.54 Å². The van der Waals surface area contributed by atoms with Crippen molar-refractivity contribution in [3.05, 3.63) is 58.6 Å². The van der Waals surface area contributed by atoms with Crippen LogP contribution in [0.5, 0.6) is 5.75 Å². The lowest BCUT2D eigenvalue weighted by Gasteiger charge is -2.25. The third-order valence-corrected chi connectivity index (χ3v) is 5.32. The Hall–Kier alpha value is -2.24. The van der Waals surface area contributed by atoms with Crippen molar-refractivity contribution < 1.29 is 9.53 Å². The van der Waals surface area contributed by atoms with E-state index in [-0.39, 0.29) is 18.0 Å². The number of amides is 1. The molecule has 2 aromatic carbocycles. The first-order valence-corrected chi connectivity index (χ1v) is 9.09. The lowest BCUT2D eigenvalue weighted by atomic mass is 10.1. The molecule has 0 aliphatic carbocycles. The van der Waals surface area contributed by atoms with E-state index in [9.17, 15) is 4.79 Å². The number of anilines is 1. The van der Waals surface area contributed by atoms with E-state index in [1.54, 1.807) is 12.1 Å². The van der Waals surface area contributed by atoms with E-state index < -0.39 is 0 Å². The van der Waals surface area contributed by atoms with Crippen LogP contribution >= 0.6 is 11.6 Å². The molecule has 1 aliphatic heterocycles. The van der Waals surface area contributed by atoms with Gasteiger partial charge in [-0.2, -0.15) is 0 Å². The number of methoxy groups -OCH3 is 1. The molecule has 0 radical (unpaired) electrons. The molecule has 0 unspecified atom stereocenters. The van der Waals surface area contributed by atoms with Crippen molar-refractivity contribution in [1.29, 1.82) is 0 Å². The zero-order valence-corrected chi connectivity index (χ0v) is 15.8. The summed E-state index contributed by atoms with van der Waals surface area (Å²) in [5, 5.41) is 3.47. The number of carbonyl (C=O) groups is 1. The molecule has 0 spiro atoms. The first kappa shape index (κ1) is 18.5. The average Bonchev–Trinajstić information content (AvgIpc) is 2.97. The van der Waals surface area contributed by atoms with Gasteiger partial charge >= 0.3 is 0 Å². The second kappa shape index (κ2) is 7.98. The van der Waals surface area contributed by atoms with Crippen LogP contribution in [0.4, 0.5) is 5.69 Å². The lowest BCUT2D eigenvalue weighted by Crippen LogP contribution is -2.43. The summed E-state index contributed by atoms with van der Waals surface area (Å²) in [5.74, 6) is 0.235. The minimum absolute atomic E-state index is 0.0762. The molecule has 0 saturated carbocycles. The number of benzene rings is 2. The summed E-state index contributed by atoms with van der Waals surface area (Å²) in [5.41, 5.74) is 7.86. The Morgan fingerprint density at radius 1 is 1.35 bits per heavy atom. The van der Waals surface area contributed by atoms with Crippen LogP contribution < -0.4 is 15.8 Å². The molecule has 2 atom stereocenters. The molecule has 1 saturated heterocycles. The van der Waals surface area contributed by atoms with E-state index in [1.165, 1.54) is 12.7 Å². The van der Waals surface area contributed by atoms with E-state index in [1.807, 2.05) is 18.2 Å². The molecule has 1 amide bonds. The van der Waals surface area contributed by atoms with Gasteiger partial charge in [0.25, 0.3) is 5.91 Å². The molecule has 1 heterocycles. The van der Waals surface area contributed by atoms with Crippen LogP contribution in [0.25, 0.3) is 0 Å². The maximum atomic E-state index is 12.7. The minimum Gasteiger partial charge on any atom is -0.496 e. The monoisotopic (exact) mass is 373 g/mol. The Kier molecular flexibility index (Phi) is 5.69. The fraction of sp³-hybridized carbons (Fsp3) is 0.350. The number of hydrogen-bond donors (Lipinski definition) is 2. The van der Waals surface area contributed by atoms with E-state index in [0.29, 0.717) is 22.0 Å². The third kappa shape index (κ3) is 3.94. The predicted octanol–water partition coefficient (Wildman–Crippen LogP) is 3.32. The minimum atomic E-state index is -0.192. The Morgan fingerprint density at radius 2 is 2.08 bits per heavy atom. The fourth-order valence-corrected chi connectivity index (χ4v) is 3.56. The first-order chi connectivity index (χ1) is 12.5. The summed E-state index contributed by atoms with van der Waals surface area (Å²) in [4.78, 5) is 15.1. The predicted molar refractivity (Wildman–Crippen MR) is 105 cm³/mol. The summed E-state index contributed by atoms with van der Waals surface area (Å²) in [6, 6.07) is 13.8. The Morgan fingerprint density at radius 3 is 2.77 bits per heavy atom. The topological polar surface area (TPSA) is 67.6 Å². The number of likely N-dealkylation sites (tertiary alicyclic amines) is 1. The molecule has 1 fully saturated rings. The van der Waals surface area contributed by atoms with Crippen LogP contribution in [0.1, 0.15) is 29.3 Å². The van der Waals surface area contributed by atoms with Gasteiger partial charge < -0.3 is 15.8 Å². The van der Waals surface area contributed by atoms with Gasteiger partial charge in [0.1, 0.15) is 5.75 Å². The zero-order valence-electron chi connectivity index (χ0n) is 15.0. The van der Waals surface area contributed by atoms with Crippen molar-refractivity contribution in [3.8, 4) is 5.75 Å². The molecule has 3 N–H and O–H groups in total. The molecule has 0 bridgehead atoms. The van der Waals surface area contributed by atoms with Gasteiger partial charge in [-0.15, -0.1) is 0 Å². The summed E-state index contributed by atoms with van der Waals surface area (Å²) in [7, 11) is 1.51. The quantitative estimate of drug-likeness (QED) is 0.789. The molecule has 3 rings (SSSR count). The summed E-state index contributed by atoms with van der Waals surface area (Å²) in [6.45, 7) is 3.97. The van der Waals surface area contributed by atoms with Gasteiger partial charge in [0.15, 0.2) is 0 Å². The highest BCUT2D eigenvalue weighted by molar-refractivity contribution is 6.33. The molecular weight excluding hydrogens is 350 g/mol. The molecule has 26 heavy (non-hydrogen) atoms. The van der Waals surface area contributed by atoms with E-state index in [2.05, 4.69) is 29.3 Å². The number of carbonyl (C=O) groups excluding carboxylic acids is 1. The zero-order chi connectivity index (χ0) is 18.7. The van der Waals surface area contributed by atoms with Crippen molar-refractivity contribution in [2.24, 2.45) is 0 Å². The van der Waals surface area contributed by atoms with Gasteiger partial charge in [-0.3, -0.25) is 9.69 Å². The highest BCUT2D eigenvalue weighted by atomic mass is 35.5. The van der Waals surface area contributed by atoms with Crippen LogP contribution in [0.15, 0.2) is 42.5 Å². The number of nitrogens with zero attached hydrogens (tertiary/aromatic N) is 1. The van der Waals surface area contributed by atoms with Crippen molar-refractivity contribution >= 4 is 23.2 Å². The van der Waals surface area contributed by atoms with Gasteiger partial charge in [-0.05, 0) is 25.0 Å². The van der Waals surface area contributed by atoms with Crippen LogP contribution in [-0.4, -0.2) is 36.5 Å². The summed E-state index contributed by atoms with van der Waals surface area (Å²) >= 11 is 6.08. The van der Waals surface area contributed by atoms with E-state index >= 15 is 0 Å². The van der Waals surface area contributed by atoms with E-state index in [0.717, 1.165) is 19.5 Å². The standard InChI is InChI=1S/C20H24ClN3O2/c1-13-18(8-9-24(13)12-14-6-4-3-5-7-14)23-20(25)15-10-16(21)17(22)11-19(15)26-2/h3-7,10-11,13,18H,8-9,12,22H2,1-2H3,(H,23,25)/t13-,18-/m0/s1. The number of nitrogen functional groups attached to an aromatic ring is 1. The maximum Gasteiger partial charge on any atom is 0.255 e. The smallest absolute Gasteiger partial charge is 0.255 e. The SMILES string of the molecule is COc1cc(N)c(Cl)cc1C(=O)N[C@H]1CCN(Cc2ccccc2)[C@H]1C. The highest BCUT2D eigenvalue weighted by Gasteiger charge is 2.32. The first-order valence-electron chi connectivity index (χ1n) is 8.71. The maximum absolute atomic E-state index is 12.7. The number of hydrogen-bond acceptors (Lipinski definition) is 4. The van der Waals surface area contributed by atoms with E-state index in [4.69, 9.17) is 22.1 Å². The van der Waals surface area contributed by atoms with Gasteiger partial charge in [0, 0.05) is 31.2 Å². The second-order valence-electron chi connectivity index (χ2n) is 6.64. The number of halogens is 1. The molecule has 1 aliphatic rings. The number of nitrogens with two attached hydrogens (primary N) is 1. The molecule has 5 nitrogen and oxygen atoms in total. The lowest BCUT2D eigenvalue weighted by molar-refractivity contribution is 0.0924. The third-order valence-electron chi connectivity index (χ3n) is 4.99. The Labute approximate surface area is 159 Å². The molecule has 0 aromatic heterocycles. The number of rotatable bonds is 5. The van der Waals surface area contributed by atoms with Crippen molar-refractivity contribution in [1.82, 2.24) is 10.2 Å². The van der Waals surface area contributed by atoms with Gasteiger partial charge in [0.05, 0.1) is 23.4 Å². The van der Waals surface area contributed by atoms with Gasteiger partial charge in [0.2, 0.25) is 0 Å². The average molecular weight is 374 g/mol. The highest BCUT2D eigenvalue weighted by Crippen LogP contribution is 2.29. The Bertz CT molecular complexity index is 782. The van der Waals surface area contributed by atoms with Gasteiger partial charge in [-0.25, -0.2) is 0 Å². The molecule has 6 heteroatoms. The van der Waals surface area contributed by atoms with Crippen molar-refractivity contribution in [2.75, 3.05) is 19.4 Å². The molecule has 138 valence electrons. The second-order valence-corrected chi connectivity index (χ2v) is 7.05. The normalized spacial score (nSPS) is 20.1. The molecular formula is C20H24ClN3O2. The number of nitrogens with one attached hydrogen (secondary N) is 1. The largest absolute Gasteiger partial charge is 0.496 e.